The van der Waals surface area contributed by atoms with E-state index in [0.29, 0.717) is 12.7 Å². The Bertz CT molecular complexity index is 271. The van der Waals surface area contributed by atoms with E-state index in [2.05, 4.69) is 15.9 Å². The van der Waals surface area contributed by atoms with Gasteiger partial charge in [0.25, 0.3) is 0 Å². The number of ether oxygens (including phenoxy) is 2. The van der Waals surface area contributed by atoms with Crippen LogP contribution in [-0.4, -0.2) is 19.3 Å². The molecule has 2 nitrogen and oxygen atoms in total. The van der Waals surface area contributed by atoms with Crippen LogP contribution in [0.5, 0.6) is 5.75 Å². The summed E-state index contributed by atoms with van der Waals surface area (Å²) in [6.07, 6.45) is 0.317. The first-order valence-corrected chi connectivity index (χ1v) is 4.64. The SMILES string of the molecule is Brc1ccccc1OC[C@@H]1CO1. The van der Waals surface area contributed by atoms with Gasteiger partial charge in [0, 0.05) is 0 Å². The van der Waals surface area contributed by atoms with Crippen molar-refractivity contribution < 1.29 is 9.47 Å². The molecule has 0 amide bonds. The lowest BCUT2D eigenvalue weighted by Gasteiger charge is -2.04. The lowest BCUT2D eigenvalue weighted by Crippen LogP contribution is -2.04. The Kier molecular flexibility index (Phi) is 2.33. The topological polar surface area (TPSA) is 21.8 Å². The lowest BCUT2D eigenvalue weighted by atomic mass is 10.3. The van der Waals surface area contributed by atoms with Crippen LogP contribution in [-0.2, 0) is 4.74 Å². The van der Waals surface area contributed by atoms with Crippen LogP contribution in [0.4, 0.5) is 0 Å². The molecule has 0 N–H and O–H groups in total. The largest absolute Gasteiger partial charge is 0.490 e. The van der Waals surface area contributed by atoms with Gasteiger partial charge >= 0.3 is 0 Å². The summed E-state index contributed by atoms with van der Waals surface area (Å²) in [6.45, 7) is 1.49. The molecule has 1 fully saturated rings. The normalized spacial score (nSPS) is 20.6. The summed E-state index contributed by atoms with van der Waals surface area (Å²) in [5.74, 6) is 0.882. The van der Waals surface area contributed by atoms with E-state index in [1.165, 1.54) is 0 Å². The van der Waals surface area contributed by atoms with E-state index in [9.17, 15) is 0 Å². The Hall–Kier alpha value is -0.540. The third kappa shape index (κ3) is 1.99. The highest BCUT2D eigenvalue weighted by Gasteiger charge is 2.23. The molecule has 0 aliphatic carbocycles. The maximum absolute atomic E-state index is 5.49. The van der Waals surface area contributed by atoms with E-state index < -0.39 is 0 Å². The fourth-order valence-corrected chi connectivity index (χ4v) is 1.31. The summed E-state index contributed by atoms with van der Waals surface area (Å²) in [7, 11) is 0. The van der Waals surface area contributed by atoms with Gasteiger partial charge in [-0.25, -0.2) is 0 Å². The number of benzene rings is 1. The predicted molar refractivity (Wildman–Crippen MR) is 49.4 cm³/mol. The molecular formula is C9H9BrO2. The van der Waals surface area contributed by atoms with Crippen LogP contribution in [0.3, 0.4) is 0 Å². The van der Waals surface area contributed by atoms with Gasteiger partial charge in [-0.2, -0.15) is 0 Å². The zero-order chi connectivity index (χ0) is 8.39. The van der Waals surface area contributed by atoms with Crippen LogP contribution in [0, 0.1) is 0 Å². The van der Waals surface area contributed by atoms with Crippen LogP contribution in [0.15, 0.2) is 28.7 Å². The molecule has 1 saturated heterocycles. The molecule has 0 aromatic heterocycles. The van der Waals surface area contributed by atoms with E-state index in [0.717, 1.165) is 16.8 Å². The van der Waals surface area contributed by atoms with Gasteiger partial charge < -0.3 is 9.47 Å². The summed E-state index contributed by atoms with van der Waals surface area (Å²) in [6, 6.07) is 7.81. The zero-order valence-corrected chi connectivity index (χ0v) is 8.08. The van der Waals surface area contributed by atoms with Crippen LogP contribution in [0.25, 0.3) is 0 Å². The Morgan fingerprint density at radius 2 is 2.25 bits per heavy atom. The smallest absolute Gasteiger partial charge is 0.133 e. The fourth-order valence-electron chi connectivity index (χ4n) is 0.909. The van der Waals surface area contributed by atoms with Gasteiger partial charge in [0.05, 0.1) is 11.1 Å². The third-order valence-corrected chi connectivity index (χ3v) is 2.32. The van der Waals surface area contributed by atoms with E-state index >= 15 is 0 Å². The van der Waals surface area contributed by atoms with Gasteiger partial charge in [0.2, 0.25) is 0 Å². The van der Waals surface area contributed by atoms with Crippen molar-refractivity contribution in [2.75, 3.05) is 13.2 Å². The zero-order valence-electron chi connectivity index (χ0n) is 6.50. The van der Waals surface area contributed by atoms with Crippen LogP contribution < -0.4 is 4.74 Å². The molecule has 0 saturated carbocycles. The van der Waals surface area contributed by atoms with Gasteiger partial charge in [-0.1, -0.05) is 12.1 Å². The van der Waals surface area contributed by atoms with Crippen molar-refractivity contribution in [1.82, 2.24) is 0 Å². The van der Waals surface area contributed by atoms with Crippen molar-refractivity contribution in [1.29, 1.82) is 0 Å². The van der Waals surface area contributed by atoms with E-state index in [1.54, 1.807) is 0 Å². The second kappa shape index (κ2) is 3.46. The number of hydrogen-bond donors (Lipinski definition) is 0. The molecule has 1 aliphatic heterocycles. The summed E-state index contributed by atoms with van der Waals surface area (Å²) >= 11 is 3.40. The Labute approximate surface area is 79.6 Å². The molecule has 0 unspecified atom stereocenters. The first-order valence-electron chi connectivity index (χ1n) is 3.85. The van der Waals surface area contributed by atoms with Gasteiger partial charge in [0.1, 0.15) is 18.5 Å². The summed E-state index contributed by atoms with van der Waals surface area (Å²) in [5, 5.41) is 0. The molecule has 1 aromatic carbocycles. The second-order valence-corrected chi connectivity index (χ2v) is 3.55. The number of halogens is 1. The molecule has 12 heavy (non-hydrogen) atoms. The fraction of sp³-hybridized carbons (Fsp3) is 0.333. The molecule has 3 heteroatoms. The summed E-state index contributed by atoms with van der Waals surface area (Å²) in [4.78, 5) is 0. The van der Waals surface area contributed by atoms with Crippen molar-refractivity contribution in [3.63, 3.8) is 0 Å². The quantitative estimate of drug-likeness (QED) is 0.741. The highest BCUT2D eigenvalue weighted by Crippen LogP contribution is 2.24. The molecule has 0 bridgehead atoms. The maximum atomic E-state index is 5.49. The van der Waals surface area contributed by atoms with Crippen LogP contribution >= 0.6 is 15.9 Å². The number of hydrogen-bond acceptors (Lipinski definition) is 2. The molecule has 2 rings (SSSR count). The first kappa shape index (κ1) is 8.08. The minimum absolute atomic E-state index is 0.317. The average molecular weight is 229 g/mol. The molecule has 64 valence electrons. The van der Waals surface area contributed by atoms with Crippen LogP contribution in [0.1, 0.15) is 0 Å². The molecular weight excluding hydrogens is 220 g/mol. The molecule has 1 atom stereocenters. The highest BCUT2D eigenvalue weighted by atomic mass is 79.9. The number of rotatable bonds is 3. The Morgan fingerprint density at radius 1 is 1.50 bits per heavy atom. The van der Waals surface area contributed by atoms with Crippen molar-refractivity contribution in [3.05, 3.63) is 28.7 Å². The minimum atomic E-state index is 0.317. The molecule has 0 spiro atoms. The van der Waals surface area contributed by atoms with Gasteiger partial charge in [-0.05, 0) is 28.1 Å². The maximum Gasteiger partial charge on any atom is 0.133 e. The summed E-state index contributed by atoms with van der Waals surface area (Å²) in [5.41, 5.74) is 0. The minimum Gasteiger partial charge on any atom is -0.490 e. The monoisotopic (exact) mass is 228 g/mol. The van der Waals surface area contributed by atoms with E-state index in [4.69, 9.17) is 9.47 Å². The first-order chi connectivity index (χ1) is 5.86. The van der Waals surface area contributed by atoms with Crippen molar-refractivity contribution >= 4 is 15.9 Å². The Balaban J connectivity index is 1.96. The van der Waals surface area contributed by atoms with Crippen molar-refractivity contribution in [3.8, 4) is 5.75 Å². The average Bonchev–Trinajstić information content (AvgIpc) is 2.86. The second-order valence-electron chi connectivity index (χ2n) is 2.70. The van der Waals surface area contributed by atoms with Crippen molar-refractivity contribution in [2.24, 2.45) is 0 Å². The number of para-hydroxylation sites is 1. The van der Waals surface area contributed by atoms with Gasteiger partial charge in [-0.3, -0.25) is 0 Å². The highest BCUT2D eigenvalue weighted by molar-refractivity contribution is 9.10. The summed E-state index contributed by atoms with van der Waals surface area (Å²) < 4.78 is 11.5. The third-order valence-electron chi connectivity index (χ3n) is 1.66. The number of epoxide rings is 1. The molecule has 0 radical (unpaired) electrons. The molecule has 1 heterocycles. The molecule has 1 aliphatic rings. The predicted octanol–water partition coefficient (Wildman–Crippen LogP) is 2.23. The Morgan fingerprint density at radius 3 is 2.92 bits per heavy atom. The van der Waals surface area contributed by atoms with Crippen molar-refractivity contribution in [2.45, 2.75) is 6.10 Å². The van der Waals surface area contributed by atoms with Gasteiger partial charge in [-0.15, -0.1) is 0 Å². The standard InChI is InChI=1S/C9H9BrO2/c10-8-3-1-2-4-9(8)12-6-7-5-11-7/h1-4,7H,5-6H2/t7-/m0/s1. The van der Waals surface area contributed by atoms with E-state index in [1.807, 2.05) is 24.3 Å². The van der Waals surface area contributed by atoms with Crippen LogP contribution in [0.2, 0.25) is 0 Å². The molecule has 1 aromatic rings. The van der Waals surface area contributed by atoms with Gasteiger partial charge in [0.15, 0.2) is 0 Å². The van der Waals surface area contributed by atoms with E-state index in [-0.39, 0.29) is 0 Å². The lowest BCUT2D eigenvalue weighted by molar-refractivity contribution is 0.262.